The molecular weight excluding hydrogens is 382 g/mol. The average Bonchev–Trinajstić information content (AvgIpc) is 3.19. The number of aromatic nitrogens is 3. The number of anilines is 1. The van der Waals surface area contributed by atoms with E-state index in [-0.39, 0.29) is 11.0 Å². The molecule has 8 nitrogen and oxygen atoms in total. The second-order valence-corrected chi connectivity index (χ2v) is 6.74. The van der Waals surface area contributed by atoms with E-state index >= 15 is 0 Å². The third-order valence-corrected chi connectivity index (χ3v) is 4.94. The number of carbonyl (C=O) groups excluding carboxylic acids is 2. The van der Waals surface area contributed by atoms with Gasteiger partial charge in [0.05, 0.1) is 24.5 Å². The smallest absolute Gasteiger partial charge is 0.350 e. The fourth-order valence-corrected chi connectivity index (χ4v) is 3.62. The summed E-state index contributed by atoms with van der Waals surface area (Å²) in [5, 5.41) is 5.82. The van der Waals surface area contributed by atoms with Crippen LogP contribution in [0.25, 0.3) is 11.0 Å². The average molecular weight is 393 g/mol. The van der Waals surface area contributed by atoms with Gasteiger partial charge in [-0.05, 0) is 37.3 Å². The van der Waals surface area contributed by atoms with Gasteiger partial charge in [-0.3, -0.25) is 10.1 Å². The molecule has 1 aromatic carbocycles. The Kier molecular flexibility index (Phi) is 4.97. The van der Waals surface area contributed by atoms with Crippen LogP contribution in [-0.2, 0) is 4.74 Å². The van der Waals surface area contributed by atoms with E-state index in [1.54, 1.807) is 25.1 Å². The van der Waals surface area contributed by atoms with Crippen LogP contribution < -0.4 is 10.6 Å². The van der Waals surface area contributed by atoms with Gasteiger partial charge in [0.15, 0.2) is 10.2 Å². The number of esters is 1. The Labute approximate surface area is 155 Å². The Morgan fingerprint density at radius 3 is 2.76 bits per heavy atom. The second kappa shape index (κ2) is 7.17. The van der Waals surface area contributed by atoms with Crippen molar-refractivity contribution in [3.8, 4) is 0 Å². The summed E-state index contributed by atoms with van der Waals surface area (Å²) in [7, 11) is 1.30. The number of hydrogen-bond donors (Lipinski definition) is 2. The summed E-state index contributed by atoms with van der Waals surface area (Å²) in [5.41, 5.74) is 2.32. The molecule has 0 aliphatic carbocycles. The van der Waals surface area contributed by atoms with Crippen LogP contribution in [0.15, 0.2) is 18.2 Å². The first kappa shape index (κ1) is 17.3. The van der Waals surface area contributed by atoms with Crippen molar-refractivity contribution in [3.05, 3.63) is 34.3 Å². The predicted molar refractivity (Wildman–Crippen MR) is 99.3 cm³/mol. The van der Waals surface area contributed by atoms with Crippen molar-refractivity contribution in [1.29, 1.82) is 0 Å². The minimum absolute atomic E-state index is 0.0756. The van der Waals surface area contributed by atoms with Crippen LogP contribution in [0.2, 0.25) is 0 Å². The van der Waals surface area contributed by atoms with Gasteiger partial charge in [0, 0.05) is 5.56 Å². The third-order valence-electron chi connectivity index (χ3n) is 3.13. The molecule has 0 saturated heterocycles. The molecule has 0 bridgehead atoms. The highest BCUT2D eigenvalue weighted by Crippen LogP contribution is 2.23. The summed E-state index contributed by atoms with van der Waals surface area (Å²) in [6, 6.07) is 5.00. The van der Waals surface area contributed by atoms with Gasteiger partial charge in [0.2, 0.25) is 0 Å². The molecule has 25 heavy (non-hydrogen) atoms. The van der Waals surface area contributed by atoms with Crippen molar-refractivity contribution in [1.82, 2.24) is 19.0 Å². The van der Waals surface area contributed by atoms with Gasteiger partial charge in [-0.2, -0.15) is 8.75 Å². The van der Waals surface area contributed by atoms with Crippen molar-refractivity contribution in [2.24, 2.45) is 0 Å². The minimum atomic E-state index is -0.469. The van der Waals surface area contributed by atoms with Crippen LogP contribution >= 0.6 is 35.3 Å². The molecule has 0 aliphatic rings. The zero-order valence-electron chi connectivity index (χ0n) is 13.0. The van der Waals surface area contributed by atoms with Crippen molar-refractivity contribution >= 4 is 68.4 Å². The fraction of sp³-hybridized carbons (Fsp3) is 0.143. The van der Waals surface area contributed by atoms with Crippen molar-refractivity contribution in [2.45, 2.75) is 6.92 Å². The molecule has 0 radical (unpaired) electrons. The number of nitrogens with zero attached hydrogens (tertiary/aromatic N) is 3. The molecule has 0 saturated carbocycles. The number of nitrogens with one attached hydrogen (secondary N) is 2. The lowest BCUT2D eigenvalue weighted by Crippen LogP contribution is -2.34. The van der Waals surface area contributed by atoms with E-state index in [0.717, 1.165) is 28.6 Å². The first-order valence-electron chi connectivity index (χ1n) is 6.88. The molecule has 0 unspecified atom stereocenters. The molecule has 2 heterocycles. The van der Waals surface area contributed by atoms with Crippen LogP contribution in [0.3, 0.4) is 0 Å². The number of carbonyl (C=O) groups is 2. The first-order chi connectivity index (χ1) is 12.0. The van der Waals surface area contributed by atoms with Crippen molar-refractivity contribution in [2.75, 3.05) is 12.4 Å². The quantitative estimate of drug-likeness (QED) is 0.516. The Morgan fingerprint density at radius 1 is 1.24 bits per heavy atom. The van der Waals surface area contributed by atoms with Crippen LogP contribution in [0.1, 0.15) is 25.7 Å². The molecule has 3 aromatic rings. The lowest BCUT2D eigenvalue weighted by Gasteiger charge is -2.07. The number of ether oxygens (including phenoxy) is 1. The maximum atomic E-state index is 12.3. The summed E-state index contributed by atoms with van der Waals surface area (Å²) in [6.45, 7) is 1.69. The zero-order valence-corrected chi connectivity index (χ0v) is 15.5. The standard InChI is InChI=1S/C14H11N5O3S3/c1-6-10(12(21)22-2)24-14(15-6)17-13(23)16-11(20)7-3-4-8-9(5-7)19-25-18-8/h3-5H,1-2H3,(H2,15,16,17,20,23). The molecule has 1 amide bonds. The number of aryl methyl sites for hydroxylation is 1. The Bertz CT molecular complexity index is 981. The number of thiazole rings is 1. The number of rotatable bonds is 3. The Morgan fingerprint density at radius 2 is 2.00 bits per heavy atom. The third kappa shape index (κ3) is 3.78. The van der Waals surface area contributed by atoms with Crippen LogP contribution in [-0.4, -0.2) is 37.8 Å². The van der Waals surface area contributed by atoms with Gasteiger partial charge >= 0.3 is 5.97 Å². The first-order valence-corrected chi connectivity index (χ1v) is 8.84. The summed E-state index contributed by atoms with van der Waals surface area (Å²) in [6.07, 6.45) is 0. The fourth-order valence-electron chi connectivity index (χ4n) is 1.96. The maximum absolute atomic E-state index is 12.3. The largest absolute Gasteiger partial charge is 0.465 e. The SMILES string of the molecule is COC(=O)c1sc(NC(=S)NC(=O)c2ccc3nsnc3c2)nc1C. The van der Waals surface area contributed by atoms with E-state index in [1.807, 2.05) is 0 Å². The lowest BCUT2D eigenvalue weighted by molar-refractivity contribution is 0.0605. The van der Waals surface area contributed by atoms with Gasteiger partial charge in [-0.15, -0.1) is 0 Å². The number of hydrogen-bond acceptors (Lipinski definition) is 9. The summed E-state index contributed by atoms with van der Waals surface area (Å²) >= 11 is 7.30. The van der Waals surface area contributed by atoms with E-state index in [1.165, 1.54) is 7.11 Å². The van der Waals surface area contributed by atoms with E-state index in [0.29, 0.717) is 26.8 Å². The lowest BCUT2D eigenvalue weighted by atomic mass is 10.2. The molecule has 2 aromatic heterocycles. The highest BCUT2D eigenvalue weighted by atomic mass is 32.1. The summed E-state index contributed by atoms with van der Waals surface area (Å²) in [4.78, 5) is 28.4. The Balaban J connectivity index is 1.67. The van der Waals surface area contributed by atoms with Gasteiger partial charge in [-0.25, -0.2) is 9.78 Å². The molecule has 2 N–H and O–H groups in total. The molecule has 0 aliphatic heterocycles. The van der Waals surface area contributed by atoms with Gasteiger partial charge < -0.3 is 10.1 Å². The molecule has 0 spiro atoms. The molecule has 3 rings (SSSR count). The molecule has 128 valence electrons. The zero-order chi connectivity index (χ0) is 18.0. The van der Waals surface area contributed by atoms with Crippen LogP contribution in [0.4, 0.5) is 5.13 Å². The number of methoxy groups -OCH3 is 1. The van der Waals surface area contributed by atoms with E-state index in [9.17, 15) is 9.59 Å². The Hall–Kier alpha value is -2.50. The highest BCUT2D eigenvalue weighted by Gasteiger charge is 2.17. The predicted octanol–water partition coefficient (Wildman–Crippen LogP) is 2.37. The van der Waals surface area contributed by atoms with Gasteiger partial charge in [-0.1, -0.05) is 11.3 Å². The number of amides is 1. The number of benzene rings is 1. The summed E-state index contributed by atoms with van der Waals surface area (Å²) in [5.74, 6) is -0.850. The highest BCUT2D eigenvalue weighted by molar-refractivity contribution is 7.80. The summed E-state index contributed by atoms with van der Waals surface area (Å²) < 4.78 is 12.9. The van der Waals surface area contributed by atoms with E-state index in [4.69, 9.17) is 12.2 Å². The molecule has 0 fully saturated rings. The molecule has 0 atom stereocenters. The monoisotopic (exact) mass is 393 g/mol. The van der Waals surface area contributed by atoms with Crippen molar-refractivity contribution in [3.63, 3.8) is 0 Å². The maximum Gasteiger partial charge on any atom is 0.350 e. The number of thiocarbonyl (C=S) groups is 1. The van der Waals surface area contributed by atoms with Crippen LogP contribution in [0.5, 0.6) is 0 Å². The van der Waals surface area contributed by atoms with E-state index < -0.39 is 5.97 Å². The van der Waals surface area contributed by atoms with Crippen molar-refractivity contribution < 1.29 is 14.3 Å². The van der Waals surface area contributed by atoms with E-state index in [2.05, 4.69) is 29.1 Å². The molecule has 11 heteroatoms. The van der Waals surface area contributed by atoms with Gasteiger partial charge in [0.1, 0.15) is 15.9 Å². The normalized spacial score (nSPS) is 10.5. The second-order valence-electron chi connectivity index (χ2n) is 4.80. The van der Waals surface area contributed by atoms with Crippen LogP contribution in [0, 0.1) is 6.92 Å². The van der Waals surface area contributed by atoms with Gasteiger partial charge in [0.25, 0.3) is 5.91 Å². The topological polar surface area (TPSA) is 106 Å². The number of fused-ring (bicyclic) bond motifs is 1. The minimum Gasteiger partial charge on any atom is -0.465 e. The molecular formula is C14H11N5O3S3.